The van der Waals surface area contributed by atoms with E-state index < -0.39 is 0 Å². The molecule has 0 aromatic heterocycles. The van der Waals surface area contributed by atoms with E-state index in [1.807, 2.05) is 12.2 Å². The molecule has 0 amide bonds. The van der Waals surface area contributed by atoms with Gasteiger partial charge in [0.15, 0.2) is 0 Å². The molecule has 1 aliphatic carbocycles. The van der Waals surface area contributed by atoms with Crippen LogP contribution in [0.25, 0.3) is 5.57 Å². The summed E-state index contributed by atoms with van der Waals surface area (Å²) >= 11 is 0. The Bertz CT molecular complexity index is 433. The minimum absolute atomic E-state index is 1.00. The molecule has 0 heterocycles. The Balaban J connectivity index is 2.68. The maximum Gasteiger partial charge on any atom is -0.00136 e. The highest BCUT2D eigenvalue weighted by Gasteiger charge is 2.18. The number of hydrogen-bond donors (Lipinski definition) is 0. The van der Waals surface area contributed by atoms with Crippen LogP contribution < -0.4 is 0 Å². The SMILES string of the molecule is C=CC1=C(C=C)c2c(C)cccc2C1. The topological polar surface area (TPSA) is 0 Å². The zero-order chi connectivity index (χ0) is 10.1. The van der Waals surface area contributed by atoms with Crippen molar-refractivity contribution in [1.29, 1.82) is 0 Å². The number of rotatable bonds is 2. The molecular weight excluding hydrogens is 168 g/mol. The van der Waals surface area contributed by atoms with Crippen molar-refractivity contribution in [2.75, 3.05) is 0 Å². The average Bonchev–Trinajstić information content (AvgIpc) is 2.56. The Labute approximate surface area is 85.3 Å². The fourth-order valence-electron chi connectivity index (χ4n) is 2.14. The fourth-order valence-corrected chi connectivity index (χ4v) is 2.14. The summed E-state index contributed by atoms with van der Waals surface area (Å²) < 4.78 is 0. The van der Waals surface area contributed by atoms with E-state index in [0.717, 1.165) is 6.42 Å². The number of allylic oxidation sites excluding steroid dienone is 4. The Kier molecular flexibility index (Phi) is 2.12. The normalized spacial score (nSPS) is 14.1. The predicted octanol–water partition coefficient (Wildman–Crippen LogP) is 3.68. The van der Waals surface area contributed by atoms with Crippen molar-refractivity contribution in [3.63, 3.8) is 0 Å². The summed E-state index contributed by atoms with van der Waals surface area (Å²) in [6, 6.07) is 6.44. The van der Waals surface area contributed by atoms with Crippen molar-refractivity contribution in [2.45, 2.75) is 13.3 Å². The molecule has 0 bridgehead atoms. The second-order valence-electron chi connectivity index (χ2n) is 3.63. The summed E-state index contributed by atoms with van der Waals surface area (Å²) in [5.74, 6) is 0. The molecule has 0 nitrogen and oxygen atoms in total. The lowest BCUT2D eigenvalue weighted by molar-refractivity contribution is 1.23. The van der Waals surface area contributed by atoms with Gasteiger partial charge < -0.3 is 0 Å². The highest BCUT2D eigenvalue weighted by molar-refractivity contribution is 5.85. The van der Waals surface area contributed by atoms with Crippen LogP contribution in [0.5, 0.6) is 0 Å². The lowest BCUT2D eigenvalue weighted by Gasteiger charge is -2.05. The van der Waals surface area contributed by atoms with Crippen molar-refractivity contribution >= 4 is 5.57 Å². The third kappa shape index (κ3) is 1.15. The van der Waals surface area contributed by atoms with Crippen molar-refractivity contribution in [3.05, 3.63) is 65.8 Å². The Morgan fingerprint density at radius 2 is 2.00 bits per heavy atom. The van der Waals surface area contributed by atoms with Gasteiger partial charge in [0.25, 0.3) is 0 Å². The highest BCUT2D eigenvalue weighted by atomic mass is 14.2. The van der Waals surface area contributed by atoms with Gasteiger partial charge in [-0.1, -0.05) is 43.5 Å². The highest BCUT2D eigenvalue weighted by Crippen LogP contribution is 2.35. The molecule has 1 aliphatic rings. The monoisotopic (exact) mass is 182 g/mol. The van der Waals surface area contributed by atoms with Gasteiger partial charge in [0.2, 0.25) is 0 Å². The second kappa shape index (κ2) is 3.30. The molecule has 0 spiro atoms. The van der Waals surface area contributed by atoms with Gasteiger partial charge in [-0.3, -0.25) is 0 Å². The van der Waals surface area contributed by atoms with E-state index in [9.17, 15) is 0 Å². The molecule has 0 saturated heterocycles. The van der Waals surface area contributed by atoms with Crippen LogP contribution in [-0.4, -0.2) is 0 Å². The Morgan fingerprint density at radius 3 is 2.64 bits per heavy atom. The van der Waals surface area contributed by atoms with Crippen LogP contribution in [0.15, 0.2) is 49.1 Å². The number of fused-ring (bicyclic) bond motifs is 1. The van der Waals surface area contributed by atoms with E-state index in [1.165, 1.54) is 27.8 Å². The molecule has 2 rings (SSSR count). The lowest BCUT2D eigenvalue weighted by Crippen LogP contribution is -1.86. The maximum atomic E-state index is 3.88. The molecular formula is C14H14. The minimum atomic E-state index is 1.00. The van der Waals surface area contributed by atoms with Crippen molar-refractivity contribution in [3.8, 4) is 0 Å². The first-order valence-electron chi connectivity index (χ1n) is 4.84. The molecule has 0 aliphatic heterocycles. The van der Waals surface area contributed by atoms with Crippen LogP contribution in [0.2, 0.25) is 0 Å². The van der Waals surface area contributed by atoms with E-state index in [2.05, 4.69) is 38.3 Å². The van der Waals surface area contributed by atoms with Gasteiger partial charge in [-0.15, -0.1) is 0 Å². The van der Waals surface area contributed by atoms with Crippen LogP contribution in [-0.2, 0) is 6.42 Å². The van der Waals surface area contributed by atoms with Gasteiger partial charge in [0, 0.05) is 0 Å². The van der Waals surface area contributed by atoms with Crippen LogP contribution >= 0.6 is 0 Å². The Morgan fingerprint density at radius 1 is 1.21 bits per heavy atom. The first-order chi connectivity index (χ1) is 6.77. The molecule has 0 saturated carbocycles. The quantitative estimate of drug-likeness (QED) is 0.654. The zero-order valence-corrected chi connectivity index (χ0v) is 8.51. The maximum absolute atomic E-state index is 3.88. The molecule has 0 radical (unpaired) electrons. The van der Waals surface area contributed by atoms with E-state index in [-0.39, 0.29) is 0 Å². The van der Waals surface area contributed by atoms with Gasteiger partial charge >= 0.3 is 0 Å². The van der Waals surface area contributed by atoms with Crippen LogP contribution in [0, 0.1) is 6.92 Å². The molecule has 1 aromatic rings. The van der Waals surface area contributed by atoms with E-state index >= 15 is 0 Å². The number of aryl methyl sites for hydroxylation is 1. The molecule has 14 heavy (non-hydrogen) atoms. The fraction of sp³-hybridized carbons (Fsp3) is 0.143. The van der Waals surface area contributed by atoms with Crippen molar-refractivity contribution in [1.82, 2.24) is 0 Å². The summed E-state index contributed by atoms with van der Waals surface area (Å²) in [5, 5.41) is 0. The third-order valence-electron chi connectivity index (χ3n) is 2.81. The molecule has 0 fully saturated rings. The third-order valence-corrected chi connectivity index (χ3v) is 2.81. The molecule has 70 valence electrons. The van der Waals surface area contributed by atoms with Crippen LogP contribution in [0.3, 0.4) is 0 Å². The van der Waals surface area contributed by atoms with Gasteiger partial charge in [-0.2, -0.15) is 0 Å². The number of benzene rings is 1. The minimum Gasteiger partial charge on any atom is -0.0988 e. The lowest BCUT2D eigenvalue weighted by atomic mass is 10.00. The number of hydrogen-bond acceptors (Lipinski definition) is 0. The molecule has 1 aromatic carbocycles. The summed E-state index contributed by atoms with van der Waals surface area (Å²) in [6.07, 6.45) is 4.88. The van der Waals surface area contributed by atoms with Gasteiger partial charge in [0.1, 0.15) is 0 Å². The smallest absolute Gasteiger partial charge is 0.00136 e. The zero-order valence-electron chi connectivity index (χ0n) is 8.51. The molecule has 0 unspecified atom stereocenters. The summed E-state index contributed by atoms with van der Waals surface area (Å²) in [4.78, 5) is 0. The summed E-state index contributed by atoms with van der Waals surface area (Å²) in [6.45, 7) is 9.87. The first-order valence-corrected chi connectivity index (χ1v) is 4.84. The van der Waals surface area contributed by atoms with Crippen LogP contribution in [0.1, 0.15) is 16.7 Å². The first kappa shape index (κ1) is 9.01. The second-order valence-corrected chi connectivity index (χ2v) is 3.63. The standard InChI is InChI=1S/C14H14/c1-4-11-9-12-8-6-7-10(3)14(12)13(11)5-2/h4-8H,1-2,9H2,3H3. The largest absolute Gasteiger partial charge is 0.0988 e. The van der Waals surface area contributed by atoms with E-state index in [4.69, 9.17) is 0 Å². The van der Waals surface area contributed by atoms with Crippen LogP contribution in [0.4, 0.5) is 0 Å². The average molecular weight is 182 g/mol. The van der Waals surface area contributed by atoms with E-state index in [1.54, 1.807) is 0 Å². The molecule has 0 N–H and O–H groups in total. The summed E-state index contributed by atoms with van der Waals surface area (Å²) in [7, 11) is 0. The molecule has 0 heteroatoms. The van der Waals surface area contributed by atoms with E-state index in [0.29, 0.717) is 0 Å². The Hall–Kier alpha value is -1.56. The predicted molar refractivity (Wildman–Crippen MR) is 62.2 cm³/mol. The van der Waals surface area contributed by atoms with Gasteiger partial charge in [-0.25, -0.2) is 0 Å². The summed E-state index contributed by atoms with van der Waals surface area (Å²) in [5.41, 5.74) is 6.64. The van der Waals surface area contributed by atoms with Gasteiger partial charge in [-0.05, 0) is 41.2 Å². The van der Waals surface area contributed by atoms with Gasteiger partial charge in [0.05, 0.1) is 0 Å². The van der Waals surface area contributed by atoms with Crippen molar-refractivity contribution < 1.29 is 0 Å². The molecule has 0 atom stereocenters. The van der Waals surface area contributed by atoms with Crippen molar-refractivity contribution in [2.24, 2.45) is 0 Å².